The molecule has 0 aromatic heterocycles. The summed E-state index contributed by atoms with van der Waals surface area (Å²) in [7, 11) is 2.98. The Morgan fingerprint density at radius 1 is 1.20 bits per heavy atom. The number of nitrogens with zero attached hydrogens (tertiary/aromatic N) is 1. The van der Waals surface area contributed by atoms with Crippen molar-refractivity contribution in [2.24, 2.45) is 0 Å². The molecule has 0 amide bonds. The molecule has 0 unspecified atom stereocenters. The highest BCUT2D eigenvalue weighted by molar-refractivity contribution is 7.21. The van der Waals surface area contributed by atoms with Crippen molar-refractivity contribution < 1.29 is 9.47 Å². The van der Waals surface area contributed by atoms with Gasteiger partial charge in [0.1, 0.15) is 16.3 Å². The van der Waals surface area contributed by atoms with Gasteiger partial charge in [0.2, 0.25) is 5.43 Å². The standard InChI is InChI=1S/C14H10ClNO3S/c1-18-10-6-9(17)13(19-2)14-12(10)16-8-5-7(15)3-4-11(8)20-14/h3-6H,1-2H3. The van der Waals surface area contributed by atoms with Crippen molar-refractivity contribution in [1.29, 1.82) is 0 Å². The first-order valence-electron chi connectivity index (χ1n) is 5.79. The van der Waals surface area contributed by atoms with Gasteiger partial charge in [0.15, 0.2) is 5.75 Å². The maximum atomic E-state index is 12.0. The largest absolute Gasteiger partial charge is 0.494 e. The number of aromatic nitrogens is 1. The van der Waals surface area contributed by atoms with Gasteiger partial charge in [-0.3, -0.25) is 4.79 Å². The number of hydrogen-bond donors (Lipinski definition) is 0. The van der Waals surface area contributed by atoms with E-state index in [1.165, 1.54) is 31.6 Å². The Labute approximate surface area is 123 Å². The lowest BCUT2D eigenvalue weighted by Gasteiger charge is -2.13. The summed E-state index contributed by atoms with van der Waals surface area (Å²) >= 11 is 7.41. The van der Waals surface area contributed by atoms with Crippen LogP contribution in [-0.4, -0.2) is 19.2 Å². The molecular formula is C14H10ClNO3S. The SMILES string of the molecule is COc1cc(=O)c(OC)c2sc3ccc(Cl)cc3nc1-2. The summed E-state index contributed by atoms with van der Waals surface area (Å²) in [6.07, 6.45) is 0. The van der Waals surface area contributed by atoms with E-state index in [0.29, 0.717) is 21.3 Å². The fraction of sp³-hybridized carbons (Fsp3) is 0.143. The fourth-order valence-electron chi connectivity index (χ4n) is 2.03. The van der Waals surface area contributed by atoms with Crippen molar-refractivity contribution in [3.8, 4) is 22.1 Å². The zero-order valence-corrected chi connectivity index (χ0v) is 12.3. The predicted octanol–water partition coefficient (Wildman–Crippen LogP) is 3.43. The van der Waals surface area contributed by atoms with Gasteiger partial charge in [-0.25, -0.2) is 4.98 Å². The van der Waals surface area contributed by atoms with Gasteiger partial charge < -0.3 is 9.47 Å². The summed E-state index contributed by atoms with van der Waals surface area (Å²) in [6, 6.07) is 6.83. The first-order valence-corrected chi connectivity index (χ1v) is 6.98. The van der Waals surface area contributed by atoms with E-state index in [2.05, 4.69) is 4.98 Å². The highest BCUT2D eigenvalue weighted by Gasteiger charge is 2.21. The van der Waals surface area contributed by atoms with Crippen LogP contribution in [0, 0.1) is 0 Å². The van der Waals surface area contributed by atoms with Crippen LogP contribution in [0.1, 0.15) is 0 Å². The second kappa shape index (κ2) is 4.92. The van der Waals surface area contributed by atoms with Gasteiger partial charge in [-0.2, -0.15) is 0 Å². The van der Waals surface area contributed by atoms with Crippen molar-refractivity contribution in [3.63, 3.8) is 0 Å². The van der Waals surface area contributed by atoms with E-state index in [0.717, 1.165) is 10.2 Å². The first kappa shape index (κ1) is 13.1. The number of rotatable bonds is 2. The lowest BCUT2D eigenvalue weighted by Crippen LogP contribution is -2.08. The van der Waals surface area contributed by atoms with E-state index in [1.807, 2.05) is 6.07 Å². The Bertz CT molecular complexity index is 831. The molecule has 0 atom stereocenters. The van der Waals surface area contributed by atoms with Gasteiger partial charge in [-0.15, -0.1) is 11.3 Å². The molecule has 20 heavy (non-hydrogen) atoms. The van der Waals surface area contributed by atoms with Crippen LogP contribution in [0.25, 0.3) is 20.8 Å². The van der Waals surface area contributed by atoms with Gasteiger partial charge in [-0.05, 0) is 18.2 Å². The van der Waals surface area contributed by atoms with Crippen LogP contribution in [0.2, 0.25) is 5.02 Å². The average molecular weight is 308 g/mol. The van der Waals surface area contributed by atoms with Crippen LogP contribution in [0.3, 0.4) is 0 Å². The molecular weight excluding hydrogens is 298 g/mol. The average Bonchev–Trinajstić information content (AvgIpc) is 2.44. The normalized spacial score (nSPS) is 10.9. The minimum atomic E-state index is -0.219. The van der Waals surface area contributed by atoms with Crippen molar-refractivity contribution >= 4 is 33.2 Å². The minimum absolute atomic E-state index is 0.219. The lowest BCUT2D eigenvalue weighted by molar-refractivity contribution is 0.401. The third kappa shape index (κ3) is 1.99. The summed E-state index contributed by atoms with van der Waals surface area (Å²) in [5.41, 5.74) is 1.14. The van der Waals surface area contributed by atoms with E-state index in [-0.39, 0.29) is 11.2 Å². The Morgan fingerprint density at radius 3 is 2.70 bits per heavy atom. The molecule has 2 aliphatic rings. The van der Waals surface area contributed by atoms with Gasteiger partial charge in [0.25, 0.3) is 0 Å². The summed E-state index contributed by atoms with van der Waals surface area (Å²) in [5.74, 6) is 0.721. The van der Waals surface area contributed by atoms with Gasteiger partial charge in [-0.1, -0.05) is 11.6 Å². The number of ether oxygens (including phenoxy) is 2. The molecule has 0 N–H and O–H groups in total. The van der Waals surface area contributed by atoms with E-state index in [9.17, 15) is 4.79 Å². The minimum Gasteiger partial charge on any atom is -0.494 e. The topological polar surface area (TPSA) is 48.4 Å². The van der Waals surface area contributed by atoms with Crippen LogP contribution < -0.4 is 14.9 Å². The molecule has 0 fully saturated rings. The molecule has 4 nitrogen and oxygen atoms in total. The molecule has 3 rings (SSSR count). The van der Waals surface area contributed by atoms with Crippen molar-refractivity contribution in [3.05, 3.63) is 39.5 Å². The number of halogens is 1. The number of hydrogen-bond acceptors (Lipinski definition) is 5. The molecule has 1 heterocycles. The second-order valence-corrected chi connectivity index (χ2v) is 5.60. The van der Waals surface area contributed by atoms with Gasteiger partial charge in [0, 0.05) is 11.1 Å². The van der Waals surface area contributed by atoms with E-state index in [1.54, 1.807) is 12.1 Å². The summed E-state index contributed by atoms with van der Waals surface area (Å²) in [5, 5.41) is 0.614. The molecule has 0 radical (unpaired) electrons. The molecule has 1 aliphatic carbocycles. The lowest BCUT2D eigenvalue weighted by atomic mass is 10.2. The second-order valence-electron chi connectivity index (χ2n) is 4.11. The highest BCUT2D eigenvalue weighted by atomic mass is 35.5. The molecule has 1 aromatic rings. The third-order valence-electron chi connectivity index (χ3n) is 2.93. The summed E-state index contributed by atoms with van der Waals surface area (Å²) in [6.45, 7) is 0. The molecule has 1 aromatic carbocycles. The van der Waals surface area contributed by atoms with Crippen LogP contribution in [-0.2, 0) is 0 Å². The van der Waals surface area contributed by atoms with Crippen LogP contribution in [0.15, 0.2) is 29.1 Å². The molecule has 6 heteroatoms. The quantitative estimate of drug-likeness (QED) is 0.681. The molecule has 0 bridgehead atoms. The molecule has 0 saturated heterocycles. The Morgan fingerprint density at radius 2 is 2.00 bits per heavy atom. The van der Waals surface area contributed by atoms with Gasteiger partial charge in [0.05, 0.1) is 24.4 Å². The molecule has 102 valence electrons. The maximum absolute atomic E-state index is 12.0. The smallest absolute Gasteiger partial charge is 0.225 e. The van der Waals surface area contributed by atoms with E-state index in [4.69, 9.17) is 21.1 Å². The molecule has 1 aliphatic heterocycles. The summed E-state index contributed by atoms with van der Waals surface area (Å²) in [4.78, 5) is 17.2. The Kier molecular flexibility index (Phi) is 3.23. The molecule has 0 saturated carbocycles. The van der Waals surface area contributed by atoms with E-state index < -0.39 is 0 Å². The maximum Gasteiger partial charge on any atom is 0.225 e. The van der Waals surface area contributed by atoms with Crippen LogP contribution in [0.4, 0.5) is 0 Å². The van der Waals surface area contributed by atoms with Crippen molar-refractivity contribution in [1.82, 2.24) is 4.98 Å². The first-order chi connectivity index (χ1) is 9.63. The number of fused-ring (bicyclic) bond motifs is 2. The number of benzene rings is 2. The van der Waals surface area contributed by atoms with Crippen molar-refractivity contribution in [2.45, 2.75) is 0 Å². The summed E-state index contributed by atoms with van der Waals surface area (Å²) < 4.78 is 11.4. The zero-order chi connectivity index (χ0) is 14.3. The highest BCUT2D eigenvalue weighted by Crippen LogP contribution is 2.41. The Balaban J connectivity index is 2.48. The predicted molar refractivity (Wildman–Crippen MR) is 80.6 cm³/mol. The van der Waals surface area contributed by atoms with Crippen LogP contribution in [0.5, 0.6) is 11.5 Å². The Hall–Kier alpha value is -1.85. The van der Waals surface area contributed by atoms with Crippen LogP contribution >= 0.6 is 22.9 Å². The van der Waals surface area contributed by atoms with Gasteiger partial charge >= 0.3 is 0 Å². The van der Waals surface area contributed by atoms with E-state index >= 15 is 0 Å². The van der Waals surface area contributed by atoms with Crippen molar-refractivity contribution in [2.75, 3.05) is 14.2 Å². The molecule has 0 spiro atoms. The number of methoxy groups -OCH3 is 2. The third-order valence-corrected chi connectivity index (χ3v) is 4.31. The zero-order valence-electron chi connectivity index (χ0n) is 10.8. The fourth-order valence-corrected chi connectivity index (χ4v) is 3.28. The monoisotopic (exact) mass is 307 g/mol.